The number of nitriles is 2. The van der Waals surface area contributed by atoms with E-state index in [1.165, 1.54) is 6.26 Å². The number of rotatable bonds is 3. The number of furan rings is 1. The molecule has 6 heteroatoms. The normalized spacial score (nSPS) is 10.0. The molecule has 100 valence electrons. The molecule has 0 amide bonds. The van der Waals surface area contributed by atoms with Crippen LogP contribution in [0.3, 0.4) is 0 Å². The van der Waals surface area contributed by atoms with Gasteiger partial charge in [0.1, 0.15) is 24.5 Å². The Balaban J connectivity index is 2.18. The van der Waals surface area contributed by atoms with Crippen molar-refractivity contribution in [2.45, 2.75) is 6.54 Å². The predicted octanol–water partition coefficient (Wildman–Crippen LogP) is 2.33. The molecule has 0 aliphatic carbocycles. The van der Waals surface area contributed by atoms with Crippen LogP contribution in [0.5, 0.6) is 0 Å². The summed E-state index contributed by atoms with van der Waals surface area (Å²) < 4.78 is 7.12. The summed E-state index contributed by atoms with van der Waals surface area (Å²) in [7, 11) is 0. The minimum absolute atomic E-state index is 0.411. The highest BCUT2D eigenvalue weighted by Gasteiger charge is 2.17. The third-order valence-corrected chi connectivity index (χ3v) is 3.11. The lowest BCUT2D eigenvalue weighted by Crippen LogP contribution is -2.02. The van der Waals surface area contributed by atoms with E-state index < -0.39 is 0 Å². The van der Waals surface area contributed by atoms with Gasteiger partial charge in [-0.15, -0.1) is 10.2 Å². The number of aromatic nitrogens is 3. The van der Waals surface area contributed by atoms with Gasteiger partial charge in [0, 0.05) is 0 Å². The summed E-state index contributed by atoms with van der Waals surface area (Å²) in [5.74, 6) is 0.508. The predicted molar refractivity (Wildman–Crippen MR) is 72.7 cm³/mol. The van der Waals surface area contributed by atoms with Crippen LogP contribution >= 0.6 is 0 Å². The Morgan fingerprint density at radius 1 is 1.10 bits per heavy atom. The Kier molecular flexibility index (Phi) is 3.20. The number of benzene rings is 1. The van der Waals surface area contributed by atoms with Crippen LogP contribution in [0.2, 0.25) is 0 Å². The van der Waals surface area contributed by atoms with Gasteiger partial charge < -0.3 is 8.98 Å². The van der Waals surface area contributed by atoms with Gasteiger partial charge in [-0.05, 0) is 23.8 Å². The molecule has 3 rings (SSSR count). The van der Waals surface area contributed by atoms with Crippen molar-refractivity contribution in [2.24, 2.45) is 0 Å². The molecule has 2 aromatic heterocycles. The van der Waals surface area contributed by atoms with E-state index in [1.807, 2.05) is 0 Å². The minimum Gasteiger partial charge on any atom is -0.464 e. The molecule has 0 atom stereocenters. The zero-order valence-corrected chi connectivity index (χ0v) is 10.9. The first-order valence-electron chi connectivity index (χ1n) is 6.16. The number of hydrogen-bond acceptors (Lipinski definition) is 5. The lowest BCUT2D eigenvalue weighted by atomic mass is 9.95. The average molecular weight is 275 g/mol. The summed E-state index contributed by atoms with van der Waals surface area (Å²) >= 11 is 0. The molecule has 0 aliphatic rings. The molecule has 2 heterocycles. The van der Waals surface area contributed by atoms with Crippen LogP contribution in [0.15, 0.2) is 47.6 Å². The van der Waals surface area contributed by atoms with Gasteiger partial charge in [-0.2, -0.15) is 10.5 Å². The average Bonchev–Trinajstić information content (AvgIpc) is 3.20. The molecule has 0 aliphatic heterocycles. The standard InChI is InChI=1S/C15H9N5O/c16-6-11-3-4-12(8-20-9-18-19-10-20)13(7-17)15(11)14-2-1-5-21-14/h1-5,9-10H,8H2. The Morgan fingerprint density at radius 3 is 2.52 bits per heavy atom. The molecule has 0 radical (unpaired) electrons. The lowest BCUT2D eigenvalue weighted by molar-refractivity contribution is 0.582. The molecule has 0 fully saturated rings. The maximum Gasteiger partial charge on any atom is 0.136 e. The van der Waals surface area contributed by atoms with E-state index >= 15 is 0 Å². The number of hydrogen-bond donors (Lipinski definition) is 0. The second-order valence-electron chi connectivity index (χ2n) is 4.36. The first kappa shape index (κ1) is 12.6. The molecule has 0 saturated carbocycles. The third-order valence-electron chi connectivity index (χ3n) is 3.11. The Morgan fingerprint density at radius 2 is 1.90 bits per heavy atom. The maximum atomic E-state index is 9.51. The monoisotopic (exact) mass is 275 g/mol. The van der Waals surface area contributed by atoms with Gasteiger partial charge in [-0.25, -0.2) is 0 Å². The molecule has 6 nitrogen and oxygen atoms in total. The van der Waals surface area contributed by atoms with E-state index in [0.717, 1.165) is 5.56 Å². The maximum absolute atomic E-state index is 9.51. The lowest BCUT2D eigenvalue weighted by Gasteiger charge is -2.10. The molecule has 0 saturated heterocycles. The van der Waals surface area contributed by atoms with Gasteiger partial charge in [-0.3, -0.25) is 0 Å². The van der Waals surface area contributed by atoms with Gasteiger partial charge in [-0.1, -0.05) is 6.07 Å². The quantitative estimate of drug-likeness (QED) is 0.731. The highest BCUT2D eigenvalue weighted by molar-refractivity contribution is 5.74. The summed E-state index contributed by atoms with van der Waals surface area (Å²) in [6, 6.07) is 11.2. The fourth-order valence-electron chi connectivity index (χ4n) is 2.18. The van der Waals surface area contributed by atoms with Crippen LogP contribution in [-0.4, -0.2) is 14.8 Å². The van der Waals surface area contributed by atoms with Crippen molar-refractivity contribution < 1.29 is 4.42 Å². The second-order valence-corrected chi connectivity index (χ2v) is 4.36. The fourth-order valence-corrected chi connectivity index (χ4v) is 2.18. The fraction of sp³-hybridized carbons (Fsp3) is 0.0667. The van der Waals surface area contributed by atoms with Crippen LogP contribution in [-0.2, 0) is 6.54 Å². The topological polar surface area (TPSA) is 91.4 Å². The van der Waals surface area contributed by atoms with Gasteiger partial charge in [0.2, 0.25) is 0 Å². The summed E-state index contributed by atoms with van der Waals surface area (Å²) in [6.07, 6.45) is 4.67. The molecule has 0 unspecified atom stereocenters. The van der Waals surface area contributed by atoms with Gasteiger partial charge in [0.05, 0.1) is 35.6 Å². The van der Waals surface area contributed by atoms with Crippen LogP contribution in [0, 0.1) is 22.7 Å². The molecule has 3 aromatic rings. The zero-order valence-electron chi connectivity index (χ0n) is 10.9. The van der Waals surface area contributed by atoms with Crippen LogP contribution < -0.4 is 0 Å². The van der Waals surface area contributed by atoms with Crippen molar-refractivity contribution in [3.8, 4) is 23.5 Å². The van der Waals surface area contributed by atoms with Gasteiger partial charge in [0.25, 0.3) is 0 Å². The van der Waals surface area contributed by atoms with Crippen LogP contribution in [0.4, 0.5) is 0 Å². The molecule has 0 spiro atoms. The molecule has 1 aromatic carbocycles. The van der Waals surface area contributed by atoms with E-state index in [-0.39, 0.29) is 0 Å². The van der Waals surface area contributed by atoms with Crippen molar-refractivity contribution in [1.29, 1.82) is 10.5 Å². The first-order valence-corrected chi connectivity index (χ1v) is 6.16. The van der Waals surface area contributed by atoms with Crippen LogP contribution in [0.1, 0.15) is 16.7 Å². The Hall–Kier alpha value is -3.38. The van der Waals surface area contributed by atoms with Crippen molar-refractivity contribution in [3.63, 3.8) is 0 Å². The summed E-state index contributed by atoms with van der Waals surface area (Å²) in [5, 5.41) is 26.2. The Bertz CT molecular complexity index is 836. The summed E-state index contributed by atoms with van der Waals surface area (Å²) in [6.45, 7) is 0.454. The van der Waals surface area contributed by atoms with E-state index in [4.69, 9.17) is 4.42 Å². The van der Waals surface area contributed by atoms with E-state index in [2.05, 4.69) is 22.3 Å². The minimum atomic E-state index is 0.411. The van der Waals surface area contributed by atoms with E-state index in [9.17, 15) is 10.5 Å². The molecule has 0 bridgehead atoms. The highest BCUT2D eigenvalue weighted by atomic mass is 16.3. The van der Waals surface area contributed by atoms with Crippen LogP contribution in [0.25, 0.3) is 11.3 Å². The summed E-state index contributed by atoms with van der Waals surface area (Å²) in [5.41, 5.74) is 2.14. The van der Waals surface area contributed by atoms with E-state index in [0.29, 0.717) is 29.0 Å². The zero-order chi connectivity index (χ0) is 14.7. The van der Waals surface area contributed by atoms with Gasteiger partial charge in [0.15, 0.2) is 0 Å². The number of nitrogens with zero attached hydrogens (tertiary/aromatic N) is 5. The molecular weight excluding hydrogens is 266 g/mol. The smallest absolute Gasteiger partial charge is 0.136 e. The molecule has 0 N–H and O–H groups in total. The third kappa shape index (κ3) is 2.26. The SMILES string of the molecule is N#Cc1ccc(Cn2cnnc2)c(C#N)c1-c1ccco1. The van der Waals surface area contributed by atoms with E-state index in [1.54, 1.807) is 41.5 Å². The summed E-state index contributed by atoms with van der Waals surface area (Å²) in [4.78, 5) is 0. The van der Waals surface area contributed by atoms with Crippen molar-refractivity contribution in [2.75, 3.05) is 0 Å². The first-order chi connectivity index (χ1) is 10.3. The van der Waals surface area contributed by atoms with Crippen molar-refractivity contribution in [1.82, 2.24) is 14.8 Å². The van der Waals surface area contributed by atoms with Gasteiger partial charge >= 0.3 is 0 Å². The van der Waals surface area contributed by atoms with Crippen molar-refractivity contribution in [3.05, 3.63) is 59.9 Å². The molecule has 21 heavy (non-hydrogen) atoms. The highest BCUT2D eigenvalue weighted by Crippen LogP contribution is 2.30. The Labute approximate surface area is 120 Å². The van der Waals surface area contributed by atoms with Crippen molar-refractivity contribution >= 4 is 0 Å². The largest absolute Gasteiger partial charge is 0.464 e. The second kappa shape index (κ2) is 5.32. The molecular formula is C15H9N5O.